The van der Waals surface area contributed by atoms with E-state index in [0.717, 1.165) is 0 Å². The molecule has 0 aliphatic carbocycles. The lowest BCUT2D eigenvalue weighted by atomic mass is 10.3. The van der Waals surface area contributed by atoms with Crippen molar-refractivity contribution in [2.24, 2.45) is 4.99 Å². The molecule has 1 heterocycles. The van der Waals surface area contributed by atoms with Crippen molar-refractivity contribution in [2.75, 3.05) is 0 Å². The van der Waals surface area contributed by atoms with E-state index in [4.69, 9.17) is 11.6 Å². The molecule has 1 aromatic rings. The molecular weight excluding hydrogens is 199 g/mol. The van der Waals surface area contributed by atoms with Gasteiger partial charge in [-0.2, -0.15) is 9.38 Å². The minimum atomic E-state index is -0.686. The van der Waals surface area contributed by atoms with Crippen molar-refractivity contribution in [3.05, 3.63) is 22.7 Å². The molecule has 0 fully saturated rings. The first-order chi connectivity index (χ1) is 5.65. The van der Waals surface area contributed by atoms with Crippen molar-refractivity contribution in [1.82, 2.24) is 4.98 Å². The number of pyridine rings is 1. The van der Waals surface area contributed by atoms with Crippen molar-refractivity contribution >= 4 is 34.7 Å². The van der Waals surface area contributed by atoms with Gasteiger partial charge >= 0.3 is 0 Å². The van der Waals surface area contributed by atoms with E-state index in [1.54, 1.807) is 6.92 Å². The number of halogens is 2. The van der Waals surface area contributed by atoms with E-state index in [1.165, 1.54) is 6.07 Å². The highest BCUT2D eigenvalue weighted by atomic mass is 35.5. The Kier molecular flexibility index (Phi) is 2.87. The molecule has 0 amide bonds. The lowest BCUT2D eigenvalue weighted by Gasteiger charge is -1.98. The molecule has 1 aromatic heterocycles. The molecule has 0 N–H and O–H groups in total. The maximum atomic E-state index is 12.9. The van der Waals surface area contributed by atoms with Gasteiger partial charge in [0.15, 0.2) is 0 Å². The number of isothiocyanates is 1. The molecule has 0 bridgehead atoms. The zero-order valence-electron chi connectivity index (χ0n) is 6.14. The molecule has 12 heavy (non-hydrogen) atoms. The van der Waals surface area contributed by atoms with Crippen LogP contribution in [0.4, 0.5) is 10.1 Å². The van der Waals surface area contributed by atoms with E-state index >= 15 is 0 Å². The number of hydrogen-bond donors (Lipinski definition) is 0. The number of rotatable bonds is 1. The van der Waals surface area contributed by atoms with Gasteiger partial charge in [0, 0.05) is 0 Å². The molecule has 0 radical (unpaired) electrons. The molecule has 0 unspecified atom stereocenters. The fourth-order valence-corrected chi connectivity index (χ4v) is 0.913. The molecule has 0 aliphatic heterocycles. The van der Waals surface area contributed by atoms with Gasteiger partial charge in [0.25, 0.3) is 0 Å². The van der Waals surface area contributed by atoms with Crippen LogP contribution in [0.1, 0.15) is 5.69 Å². The molecule has 0 saturated carbocycles. The van der Waals surface area contributed by atoms with E-state index in [1.807, 2.05) is 5.16 Å². The molecule has 1 rings (SSSR count). The number of hydrogen-bond acceptors (Lipinski definition) is 3. The van der Waals surface area contributed by atoms with Gasteiger partial charge in [-0.15, -0.1) is 0 Å². The fraction of sp³-hybridized carbons (Fsp3) is 0.143. The monoisotopic (exact) mass is 202 g/mol. The maximum Gasteiger partial charge on any atom is 0.239 e. The summed E-state index contributed by atoms with van der Waals surface area (Å²) < 4.78 is 12.9. The third kappa shape index (κ3) is 1.85. The summed E-state index contributed by atoms with van der Waals surface area (Å²) in [4.78, 5) is 6.96. The van der Waals surface area contributed by atoms with Crippen LogP contribution in [0, 0.1) is 12.9 Å². The minimum Gasteiger partial charge on any atom is -0.222 e. The van der Waals surface area contributed by atoms with E-state index in [0.29, 0.717) is 10.7 Å². The third-order valence-electron chi connectivity index (χ3n) is 1.25. The summed E-state index contributed by atoms with van der Waals surface area (Å²) in [6.07, 6.45) is 0. The molecule has 0 saturated heterocycles. The standard InChI is InChI=1S/C7H4ClFN2S/c1-4-5(8)2-6(10-3-12)7(9)11-4/h2H,1H3. The molecule has 2 nitrogen and oxygen atoms in total. The van der Waals surface area contributed by atoms with Gasteiger partial charge in [0.1, 0.15) is 5.69 Å². The number of thiocarbonyl (C=S) groups is 1. The number of nitrogens with zero attached hydrogens (tertiary/aromatic N) is 2. The average molecular weight is 203 g/mol. The Morgan fingerprint density at radius 1 is 1.75 bits per heavy atom. The van der Waals surface area contributed by atoms with Crippen molar-refractivity contribution < 1.29 is 4.39 Å². The summed E-state index contributed by atoms with van der Waals surface area (Å²) in [7, 11) is 0. The van der Waals surface area contributed by atoms with Crippen LogP contribution in [0.25, 0.3) is 0 Å². The quantitative estimate of drug-likeness (QED) is 0.398. The Balaban J connectivity index is 3.32. The Hall–Kier alpha value is -0.830. The van der Waals surface area contributed by atoms with Gasteiger partial charge in [-0.05, 0) is 25.2 Å². The lowest BCUT2D eigenvalue weighted by Crippen LogP contribution is -1.88. The Bertz CT molecular complexity index is 361. The lowest BCUT2D eigenvalue weighted by molar-refractivity contribution is 0.583. The second kappa shape index (κ2) is 3.72. The first kappa shape index (κ1) is 9.26. The Labute approximate surface area is 79.1 Å². The molecule has 0 spiro atoms. The van der Waals surface area contributed by atoms with Gasteiger partial charge in [-0.3, -0.25) is 0 Å². The number of aryl methyl sites for hydroxylation is 1. The van der Waals surface area contributed by atoms with Crippen LogP contribution >= 0.6 is 23.8 Å². The third-order valence-corrected chi connectivity index (χ3v) is 1.73. The van der Waals surface area contributed by atoms with E-state index < -0.39 is 5.95 Å². The van der Waals surface area contributed by atoms with Gasteiger partial charge in [0.05, 0.1) is 15.9 Å². The molecular formula is C7H4ClFN2S. The van der Waals surface area contributed by atoms with Crippen molar-refractivity contribution in [3.8, 4) is 0 Å². The zero-order valence-corrected chi connectivity index (χ0v) is 7.71. The molecule has 62 valence electrons. The van der Waals surface area contributed by atoms with Gasteiger partial charge in [-0.25, -0.2) is 4.98 Å². The second-order valence-corrected chi connectivity index (χ2v) is 2.66. The smallest absolute Gasteiger partial charge is 0.222 e. The summed E-state index contributed by atoms with van der Waals surface area (Å²) in [6, 6.07) is 1.36. The van der Waals surface area contributed by atoms with Crippen LogP contribution in [-0.4, -0.2) is 10.1 Å². The predicted octanol–water partition coefficient (Wildman–Crippen LogP) is 2.92. The predicted molar refractivity (Wildman–Crippen MR) is 48.6 cm³/mol. The zero-order chi connectivity index (χ0) is 9.14. The van der Waals surface area contributed by atoms with Crippen LogP contribution < -0.4 is 0 Å². The van der Waals surface area contributed by atoms with Crippen molar-refractivity contribution in [2.45, 2.75) is 6.92 Å². The second-order valence-electron chi connectivity index (χ2n) is 2.07. The van der Waals surface area contributed by atoms with Crippen LogP contribution in [-0.2, 0) is 0 Å². The van der Waals surface area contributed by atoms with E-state index in [-0.39, 0.29) is 5.69 Å². The molecule has 0 aromatic carbocycles. The first-order valence-electron chi connectivity index (χ1n) is 3.05. The summed E-state index contributed by atoms with van der Waals surface area (Å²) >= 11 is 9.99. The van der Waals surface area contributed by atoms with Crippen molar-refractivity contribution in [3.63, 3.8) is 0 Å². The Morgan fingerprint density at radius 2 is 2.42 bits per heavy atom. The molecule has 5 heteroatoms. The van der Waals surface area contributed by atoms with Crippen LogP contribution in [0.2, 0.25) is 5.02 Å². The highest BCUT2D eigenvalue weighted by Crippen LogP contribution is 2.22. The van der Waals surface area contributed by atoms with E-state index in [2.05, 4.69) is 22.2 Å². The maximum absolute atomic E-state index is 12.9. The largest absolute Gasteiger partial charge is 0.239 e. The summed E-state index contributed by atoms with van der Waals surface area (Å²) in [6.45, 7) is 1.61. The van der Waals surface area contributed by atoms with Crippen LogP contribution in [0.15, 0.2) is 11.1 Å². The topological polar surface area (TPSA) is 25.2 Å². The highest BCUT2D eigenvalue weighted by Gasteiger charge is 2.05. The summed E-state index contributed by atoms with van der Waals surface area (Å²) in [5.74, 6) is -0.686. The van der Waals surface area contributed by atoms with Gasteiger partial charge in [0.2, 0.25) is 5.95 Å². The molecule has 0 atom stereocenters. The number of aliphatic imine (C=N–C) groups is 1. The SMILES string of the molecule is Cc1nc(F)c(N=C=S)cc1Cl. The summed E-state index contributed by atoms with van der Waals surface area (Å²) in [5, 5.41) is 2.40. The fourth-order valence-electron chi connectivity index (χ4n) is 0.670. The highest BCUT2D eigenvalue weighted by molar-refractivity contribution is 7.78. The summed E-state index contributed by atoms with van der Waals surface area (Å²) in [5.41, 5.74) is 0.443. The molecule has 0 aliphatic rings. The number of aromatic nitrogens is 1. The van der Waals surface area contributed by atoms with E-state index in [9.17, 15) is 4.39 Å². The Morgan fingerprint density at radius 3 is 3.00 bits per heavy atom. The average Bonchev–Trinajstić information content (AvgIpc) is 2.01. The first-order valence-corrected chi connectivity index (χ1v) is 3.84. The van der Waals surface area contributed by atoms with Crippen LogP contribution in [0.5, 0.6) is 0 Å². The van der Waals surface area contributed by atoms with Gasteiger partial charge in [-0.1, -0.05) is 11.6 Å². The van der Waals surface area contributed by atoms with Gasteiger partial charge < -0.3 is 0 Å². The minimum absolute atomic E-state index is 0.0144. The van der Waals surface area contributed by atoms with Crippen molar-refractivity contribution in [1.29, 1.82) is 0 Å². The normalized spacial score (nSPS) is 9.25. The van der Waals surface area contributed by atoms with Crippen LogP contribution in [0.3, 0.4) is 0 Å².